The Morgan fingerprint density at radius 1 is 1.12 bits per heavy atom. The van der Waals surface area contributed by atoms with Crippen LogP contribution in [-0.2, 0) is 14.4 Å². The zero-order valence-electron chi connectivity index (χ0n) is 21.5. The smallest absolute Gasteiger partial charge is 0.405 e. The number of Topliss-reactive ketones (excluding diaryl/α,β-unsaturated/α-hetero) is 2. The molecule has 0 unspecified atom stereocenters. The van der Waals surface area contributed by atoms with Crippen molar-refractivity contribution in [1.29, 1.82) is 0 Å². The molecule has 0 fully saturated rings. The Hall–Kier alpha value is -4.47. The van der Waals surface area contributed by atoms with Crippen molar-refractivity contribution < 1.29 is 54.6 Å². The summed E-state index contributed by atoms with van der Waals surface area (Å²) in [5.41, 5.74) is 0.171. The molecular formula is C25H28N4O11. The maximum absolute atomic E-state index is 13.8. The molecule has 0 aromatic heterocycles. The van der Waals surface area contributed by atoms with E-state index in [1.807, 2.05) is 5.32 Å². The lowest BCUT2D eigenvalue weighted by molar-refractivity contribution is -0.162. The molecule has 0 radical (unpaired) electrons. The highest BCUT2D eigenvalue weighted by atomic mass is 16.4. The molecule has 4 rings (SSSR count). The Labute approximate surface area is 226 Å². The Kier molecular flexibility index (Phi) is 6.86. The highest BCUT2D eigenvalue weighted by Crippen LogP contribution is 2.56. The number of carboxylic acid groups (broad SMARTS) is 1. The van der Waals surface area contributed by atoms with Crippen molar-refractivity contribution in [2.75, 3.05) is 26.0 Å². The van der Waals surface area contributed by atoms with Crippen molar-refractivity contribution in [1.82, 2.24) is 10.2 Å². The van der Waals surface area contributed by atoms with Gasteiger partial charge in [-0.3, -0.25) is 24.1 Å². The number of carbonyl (C=O) groups excluding carboxylic acids is 4. The Balaban J connectivity index is 1.90. The van der Waals surface area contributed by atoms with Gasteiger partial charge in [-0.2, -0.15) is 0 Å². The van der Waals surface area contributed by atoms with Crippen LogP contribution in [0.4, 0.5) is 10.5 Å². The molecule has 6 atom stereocenters. The van der Waals surface area contributed by atoms with Crippen LogP contribution in [0.3, 0.4) is 0 Å². The summed E-state index contributed by atoms with van der Waals surface area (Å²) >= 11 is 0. The zero-order chi connectivity index (χ0) is 30.0. The Bertz CT molecular complexity index is 1430. The molecule has 3 amide bonds. The van der Waals surface area contributed by atoms with E-state index in [1.165, 1.54) is 31.1 Å². The second-order valence-electron chi connectivity index (χ2n) is 10.2. The molecule has 40 heavy (non-hydrogen) atoms. The lowest BCUT2D eigenvalue weighted by Crippen LogP contribution is -2.68. The predicted molar refractivity (Wildman–Crippen MR) is 134 cm³/mol. The molecular weight excluding hydrogens is 532 g/mol. The van der Waals surface area contributed by atoms with Crippen LogP contribution >= 0.6 is 0 Å². The third-order valence-electron chi connectivity index (χ3n) is 7.81. The van der Waals surface area contributed by atoms with E-state index in [-0.39, 0.29) is 11.3 Å². The SMILES string of the molecule is C[C@H]1c2ccc(NC(=O)CNC(=O)O)c(O)c2C(=O)C2=C(O)[C@]3(O)C(=O)C(C(N)=O)=C(O)[C@@H](N(C)C)[C@@H]3[C@@H](O)[C@@H]21. The molecule has 15 heteroatoms. The first-order valence-corrected chi connectivity index (χ1v) is 12.0. The number of nitrogens with two attached hydrogens (primary N) is 1. The number of hydrogen-bond acceptors (Lipinski definition) is 11. The van der Waals surface area contributed by atoms with Gasteiger partial charge in [-0.25, -0.2) is 4.79 Å². The fourth-order valence-corrected chi connectivity index (χ4v) is 6.07. The Morgan fingerprint density at radius 3 is 2.30 bits per heavy atom. The van der Waals surface area contributed by atoms with Crippen LogP contribution in [0.25, 0.3) is 0 Å². The number of phenols is 1. The van der Waals surface area contributed by atoms with E-state index in [2.05, 4.69) is 5.32 Å². The minimum Gasteiger partial charge on any atom is -0.510 e. The number of likely N-dealkylation sites (N-methyl/N-ethyl adjacent to an activating group) is 1. The number of fused-ring (bicyclic) bond motifs is 3. The molecule has 0 aliphatic heterocycles. The monoisotopic (exact) mass is 560 g/mol. The van der Waals surface area contributed by atoms with Gasteiger partial charge < -0.3 is 47.0 Å². The molecule has 0 spiro atoms. The van der Waals surface area contributed by atoms with E-state index < -0.39 is 105 Å². The largest absolute Gasteiger partial charge is 0.510 e. The van der Waals surface area contributed by atoms with Crippen LogP contribution in [0.1, 0.15) is 28.8 Å². The van der Waals surface area contributed by atoms with E-state index >= 15 is 0 Å². The van der Waals surface area contributed by atoms with Crippen molar-refractivity contribution in [2.24, 2.45) is 17.6 Å². The molecule has 0 saturated carbocycles. The average molecular weight is 561 g/mol. The third kappa shape index (κ3) is 3.89. The number of aliphatic hydroxyl groups is 4. The first-order chi connectivity index (χ1) is 18.6. The number of rotatable bonds is 5. The van der Waals surface area contributed by atoms with Crippen molar-refractivity contribution in [3.05, 3.63) is 45.9 Å². The lowest BCUT2D eigenvalue weighted by Gasteiger charge is -2.53. The average Bonchev–Trinajstić information content (AvgIpc) is 2.86. The van der Waals surface area contributed by atoms with E-state index in [0.717, 1.165) is 0 Å². The number of ketones is 2. The normalized spacial score (nSPS) is 29.5. The number of nitrogens with one attached hydrogen (secondary N) is 2. The summed E-state index contributed by atoms with van der Waals surface area (Å²) in [4.78, 5) is 63.3. The molecule has 1 aromatic carbocycles. The van der Waals surface area contributed by atoms with Crippen LogP contribution in [0, 0.1) is 11.8 Å². The molecule has 1 aromatic rings. The fraction of sp³-hybridized carbons (Fsp3) is 0.400. The van der Waals surface area contributed by atoms with Crippen molar-refractivity contribution in [3.8, 4) is 5.75 Å². The van der Waals surface area contributed by atoms with Gasteiger partial charge in [0.25, 0.3) is 5.91 Å². The maximum Gasteiger partial charge on any atom is 0.405 e. The lowest BCUT2D eigenvalue weighted by atomic mass is 9.55. The van der Waals surface area contributed by atoms with Gasteiger partial charge in [-0.15, -0.1) is 0 Å². The molecule has 3 aliphatic rings. The van der Waals surface area contributed by atoms with Crippen molar-refractivity contribution in [3.63, 3.8) is 0 Å². The number of aliphatic hydroxyl groups excluding tert-OH is 3. The first-order valence-electron chi connectivity index (χ1n) is 12.0. The van der Waals surface area contributed by atoms with E-state index in [9.17, 15) is 49.5 Å². The molecule has 0 saturated heterocycles. The second kappa shape index (κ2) is 9.62. The van der Waals surface area contributed by atoms with Gasteiger partial charge in [0.15, 0.2) is 17.1 Å². The predicted octanol–water partition coefficient (Wildman–Crippen LogP) is -1.14. The minimum atomic E-state index is -3.05. The van der Waals surface area contributed by atoms with Crippen molar-refractivity contribution in [2.45, 2.75) is 30.6 Å². The summed E-state index contributed by atoms with van der Waals surface area (Å²) in [6, 6.07) is 1.27. The highest BCUT2D eigenvalue weighted by molar-refractivity contribution is 6.25. The summed E-state index contributed by atoms with van der Waals surface area (Å²) in [6.45, 7) is 0.897. The number of aromatic hydroxyl groups is 1. The zero-order valence-corrected chi connectivity index (χ0v) is 21.5. The number of carbonyl (C=O) groups is 5. The number of hydrogen-bond donors (Lipinski definition) is 9. The van der Waals surface area contributed by atoms with E-state index in [4.69, 9.17) is 10.8 Å². The summed E-state index contributed by atoms with van der Waals surface area (Å²) in [5, 5.41) is 69.1. The minimum absolute atomic E-state index is 0.205. The summed E-state index contributed by atoms with van der Waals surface area (Å²) in [7, 11) is 2.87. The van der Waals surface area contributed by atoms with Crippen LogP contribution in [0.2, 0.25) is 0 Å². The first kappa shape index (κ1) is 28.5. The fourth-order valence-electron chi connectivity index (χ4n) is 6.07. The Morgan fingerprint density at radius 2 is 1.75 bits per heavy atom. The van der Waals surface area contributed by atoms with Gasteiger partial charge in [0.2, 0.25) is 11.7 Å². The van der Waals surface area contributed by atoms with Gasteiger partial charge in [0.1, 0.15) is 23.6 Å². The number of anilines is 1. The molecule has 0 bridgehead atoms. The number of amides is 3. The van der Waals surface area contributed by atoms with Gasteiger partial charge in [-0.1, -0.05) is 13.0 Å². The van der Waals surface area contributed by atoms with Crippen LogP contribution in [0.15, 0.2) is 34.8 Å². The standard InChI is InChI=1S/C25H28N4O11/c1-7-8-4-5-9(28-10(30)6-27-24(38)39)17(31)12(8)18(32)13-11(7)19(33)15-16(29(2)3)20(34)14(23(26)37)22(36)25(15,40)21(13)35/h4-5,7,11,15-16,19,27,31,33-35,40H,6H2,1-3H3,(H2,26,37)(H,28,30)(H,38,39)/t7-,11+,15+,16-,19-,25-/m0/s1. The number of nitrogens with zero attached hydrogens (tertiary/aromatic N) is 1. The molecule has 0 heterocycles. The molecule has 214 valence electrons. The van der Waals surface area contributed by atoms with Gasteiger partial charge >= 0.3 is 6.09 Å². The molecule has 3 aliphatic carbocycles. The third-order valence-corrected chi connectivity index (χ3v) is 7.81. The van der Waals surface area contributed by atoms with Crippen LogP contribution in [-0.4, -0.2) is 103 Å². The summed E-state index contributed by atoms with van der Waals surface area (Å²) < 4.78 is 0. The quantitative estimate of drug-likeness (QED) is 0.153. The molecule has 10 N–H and O–H groups in total. The number of primary amides is 1. The van der Waals surface area contributed by atoms with Gasteiger partial charge in [0, 0.05) is 11.5 Å². The summed E-state index contributed by atoms with van der Waals surface area (Å²) in [6.07, 6.45) is -3.20. The van der Waals surface area contributed by atoms with E-state index in [1.54, 1.807) is 6.92 Å². The van der Waals surface area contributed by atoms with Crippen LogP contribution < -0.4 is 16.4 Å². The topological polar surface area (TPSA) is 260 Å². The highest BCUT2D eigenvalue weighted by Gasteiger charge is 2.67. The molecule has 15 nitrogen and oxygen atoms in total. The number of phenolic OH excluding ortho intramolecular Hbond substituents is 1. The van der Waals surface area contributed by atoms with E-state index in [0.29, 0.717) is 0 Å². The maximum atomic E-state index is 13.8. The number of benzene rings is 1. The van der Waals surface area contributed by atoms with Gasteiger partial charge in [-0.05, 0) is 31.6 Å². The summed E-state index contributed by atoms with van der Waals surface area (Å²) in [5.74, 6) is -11.3. The van der Waals surface area contributed by atoms with Crippen LogP contribution in [0.5, 0.6) is 5.75 Å². The second-order valence-corrected chi connectivity index (χ2v) is 10.2. The van der Waals surface area contributed by atoms with Gasteiger partial charge in [0.05, 0.1) is 29.3 Å². The van der Waals surface area contributed by atoms with Crippen molar-refractivity contribution >= 4 is 35.2 Å².